The summed E-state index contributed by atoms with van der Waals surface area (Å²) in [7, 11) is 3.87. The molecule has 0 radical (unpaired) electrons. The number of amides is 2. The molecule has 2 amide bonds. The molecule has 0 rings (SSSR count). The maximum absolute atomic E-state index is 11.6. The van der Waals surface area contributed by atoms with Crippen molar-refractivity contribution in [2.45, 2.75) is 26.3 Å². The van der Waals surface area contributed by atoms with Gasteiger partial charge < -0.3 is 15.5 Å². The van der Waals surface area contributed by atoms with Crippen LogP contribution in [0.5, 0.6) is 0 Å². The quantitative estimate of drug-likeness (QED) is 0.655. The monoisotopic (exact) mass is 215 g/mol. The molecular weight excluding hydrogens is 194 g/mol. The summed E-state index contributed by atoms with van der Waals surface area (Å²) in [6.45, 7) is 6.12. The smallest absolute Gasteiger partial charge is 0.245 e. The lowest BCUT2D eigenvalue weighted by Crippen LogP contribution is -2.54. The number of nitrogens with zero attached hydrogens (tertiary/aromatic N) is 1. The van der Waals surface area contributed by atoms with Crippen molar-refractivity contribution in [1.29, 1.82) is 0 Å². The van der Waals surface area contributed by atoms with Crippen molar-refractivity contribution in [2.75, 3.05) is 27.2 Å². The van der Waals surface area contributed by atoms with Crippen LogP contribution in [0.2, 0.25) is 0 Å². The van der Waals surface area contributed by atoms with Crippen LogP contribution in [0.15, 0.2) is 0 Å². The standard InChI is InChI=1S/C10H21N3O2/c1-8(14)12-10(2,3)9(15)11-6-7-13(4)5/h6-7H2,1-5H3,(H,11,15)(H,12,14). The van der Waals surface area contributed by atoms with E-state index in [0.717, 1.165) is 6.54 Å². The van der Waals surface area contributed by atoms with Crippen molar-refractivity contribution in [1.82, 2.24) is 15.5 Å². The number of hydrogen-bond donors (Lipinski definition) is 2. The number of carbonyl (C=O) groups excluding carboxylic acids is 2. The third-order valence-corrected chi connectivity index (χ3v) is 1.90. The molecule has 0 aromatic heterocycles. The Morgan fingerprint density at radius 2 is 1.80 bits per heavy atom. The maximum Gasteiger partial charge on any atom is 0.245 e. The molecule has 0 aromatic carbocycles. The van der Waals surface area contributed by atoms with Crippen LogP contribution >= 0.6 is 0 Å². The van der Waals surface area contributed by atoms with Gasteiger partial charge in [0.05, 0.1) is 0 Å². The summed E-state index contributed by atoms with van der Waals surface area (Å²) in [5.74, 6) is -0.373. The lowest BCUT2D eigenvalue weighted by atomic mass is 10.0. The Hall–Kier alpha value is -1.10. The minimum atomic E-state index is -0.849. The SMILES string of the molecule is CC(=O)NC(C)(C)C(=O)NCCN(C)C. The summed E-state index contributed by atoms with van der Waals surface area (Å²) in [6.07, 6.45) is 0. The van der Waals surface area contributed by atoms with Gasteiger partial charge in [-0.3, -0.25) is 9.59 Å². The van der Waals surface area contributed by atoms with Gasteiger partial charge in [0.25, 0.3) is 0 Å². The molecular formula is C10H21N3O2. The lowest BCUT2D eigenvalue weighted by Gasteiger charge is -2.24. The van der Waals surface area contributed by atoms with Gasteiger partial charge in [-0.25, -0.2) is 0 Å². The number of rotatable bonds is 5. The van der Waals surface area contributed by atoms with Gasteiger partial charge in [-0.15, -0.1) is 0 Å². The molecule has 2 N–H and O–H groups in total. The highest BCUT2D eigenvalue weighted by molar-refractivity contribution is 5.90. The molecule has 0 saturated carbocycles. The minimum Gasteiger partial charge on any atom is -0.353 e. The molecule has 0 atom stereocenters. The molecule has 15 heavy (non-hydrogen) atoms. The second-order valence-electron chi connectivity index (χ2n) is 4.37. The molecule has 0 aliphatic rings. The molecule has 0 bridgehead atoms. The average Bonchev–Trinajstić information content (AvgIpc) is 2.00. The fourth-order valence-electron chi connectivity index (χ4n) is 1.11. The predicted octanol–water partition coefficient (Wildman–Crippen LogP) is -0.421. The highest BCUT2D eigenvalue weighted by Crippen LogP contribution is 2.01. The number of hydrogen-bond acceptors (Lipinski definition) is 3. The second-order valence-corrected chi connectivity index (χ2v) is 4.37. The molecule has 0 spiro atoms. The average molecular weight is 215 g/mol. The number of nitrogens with one attached hydrogen (secondary N) is 2. The lowest BCUT2D eigenvalue weighted by molar-refractivity contribution is -0.131. The van der Waals surface area contributed by atoms with E-state index in [1.54, 1.807) is 13.8 Å². The van der Waals surface area contributed by atoms with E-state index in [-0.39, 0.29) is 11.8 Å². The van der Waals surface area contributed by atoms with E-state index in [9.17, 15) is 9.59 Å². The zero-order valence-corrected chi connectivity index (χ0v) is 10.2. The highest BCUT2D eigenvalue weighted by atomic mass is 16.2. The summed E-state index contributed by atoms with van der Waals surface area (Å²) in [5, 5.41) is 5.36. The minimum absolute atomic E-state index is 0.167. The molecule has 0 unspecified atom stereocenters. The normalized spacial score (nSPS) is 11.3. The number of likely N-dealkylation sites (N-methyl/N-ethyl adjacent to an activating group) is 1. The van der Waals surface area contributed by atoms with Crippen LogP contribution in [-0.4, -0.2) is 49.4 Å². The first-order valence-corrected chi connectivity index (χ1v) is 4.97. The van der Waals surface area contributed by atoms with Gasteiger partial charge >= 0.3 is 0 Å². The Bertz CT molecular complexity index is 237. The van der Waals surface area contributed by atoms with E-state index < -0.39 is 5.54 Å². The predicted molar refractivity (Wildman–Crippen MR) is 59.5 cm³/mol. The first kappa shape index (κ1) is 13.9. The molecule has 0 aromatic rings. The van der Waals surface area contributed by atoms with Gasteiger partial charge in [-0.2, -0.15) is 0 Å². The van der Waals surface area contributed by atoms with E-state index in [2.05, 4.69) is 10.6 Å². The Balaban J connectivity index is 4.02. The molecule has 88 valence electrons. The maximum atomic E-state index is 11.6. The Kier molecular flexibility index (Phi) is 5.28. The summed E-state index contributed by atoms with van der Waals surface area (Å²) in [6, 6.07) is 0. The molecule has 5 heteroatoms. The topological polar surface area (TPSA) is 61.4 Å². The van der Waals surface area contributed by atoms with Gasteiger partial charge in [0.1, 0.15) is 5.54 Å². The van der Waals surface area contributed by atoms with Crippen LogP contribution in [0.4, 0.5) is 0 Å². The first-order valence-electron chi connectivity index (χ1n) is 4.97. The fraction of sp³-hybridized carbons (Fsp3) is 0.800. The molecule has 0 aliphatic heterocycles. The number of carbonyl (C=O) groups is 2. The van der Waals surface area contributed by atoms with E-state index in [1.165, 1.54) is 6.92 Å². The van der Waals surface area contributed by atoms with Crippen LogP contribution in [0, 0.1) is 0 Å². The van der Waals surface area contributed by atoms with Crippen molar-refractivity contribution >= 4 is 11.8 Å². The first-order chi connectivity index (χ1) is 6.75. The Labute approximate surface area is 91.2 Å². The van der Waals surface area contributed by atoms with E-state index in [1.807, 2.05) is 19.0 Å². The second kappa shape index (κ2) is 5.70. The van der Waals surface area contributed by atoms with Crippen LogP contribution in [0.1, 0.15) is 20.8 Å². The van der Waals surface area contributed by atoms with E-state index >= 15 is 0 Å². The Morgan fingerprint density at radius 3 is 2.20 bits per heavy atom. The third-order valence-electron chi connectivity index (χ3n) is 1.90. The molecule has 0 heterocycles. The summed E-state index contributed by atoms with van der Waals surface area (Å²) in [5.41, 5.74) is -0.849. The zero-order chi connectivity index (χ0) is 12.1. The molecule has 0 saturated heterocycles. The van der Waals surface area contributed by atoms with Gasteiger partial charge in [-0.1, -0.05) is 0 Å². The fourth-order valence-corrected chi connectivity index (χ4v) is 1.11. The van der Waals surface area contributed by atoms with Crippen molar-refractivity contribution in [3.05, 3.63) is 0 Å². The molecule has 5 nitrogen and oxygen atoms in total. The van der Waals surface area contributed by atoms with Crippen molar-refractivity contribution in [3.8, 4) is 0 Å². The van der Waals surface area contributed by atoms with Crippen molar-refractivity contribution < 1.29 is 9.59 Å². The van der Waals surface area contributed by atoms with E-state index in [0.29, 0.717) is 6.54 Å². The summed E-state index contributed by atoms with van der Waals surface area (Å²) >= 11 is 0. The molecule has 0 aliphatic carbocycles. The van der Waals surface area contributed by atoms with Crippen LogP contribution in [0.3, 0.4) is 0 Å². The van der Waals surface area contributed by atoms with Gasteiger partial charge in [0, 0.05) is 20.0 Å². The summed E-state index contributed by atoms with van der Waals surface area (Å²) in [4.78, 5) is 24.5. The zero-order valence-electron chi connectivity index (χ0n) is 10.2. The van der Waals surface area contributed by atoms with Crippen molar-refractivity contribution in [3.63, 3.8) is 0 Å². The van der Waals surface area contributed by atoms with Crippen LogP contribution < -0.4 is 10.6 Å². The molecule has 0 fully saturated rings. The van der Waals surface area contributed by atoms with Crippen LogP contribution in [0.25, 0.3) is 0 Å². The highest BCUT2D eigenvalue weighted by Gasteiger charge is 2.27. The van der Waals surface area contributed by atoms with Gasteiger partial charge in [0.15, 0.2) is 0 Å². The third kappa shape index (κ3) is 6.06. The van der Waals surface area contributed by atoms with E-state index in [4.69, 9.17) is 0 Å². The largest absolute Gasteiger partial charge is 0.353 e. The van der Waals surface area contributed by atoms with Gasteiger partial charge in [0.2, 0.25) is 11.8 Å². The summed E-state index contributed by atoms with van der Waals surface area (Å²) < 4.78 is 0. The van der Waals surface area contributed by atoms with Crippen LogP contribution in [-0.2, 0) is 9.59 Å². The Morgan fingerprint density at radius 1 is 1.27 bits per heavy atom. The van der Waals surface area contributed by atoms with Gasteiger partial charge in [-0.05, 0) is 27.9 Å². The van der Waals surface area contributed by atoms with Crippen molar-refractivity contribution in [2.24, 2.45) is 0 Å².